The maximum absolute atomic E-state index is 12.7. The van der Waals surface area contributed by atoms with Crippen molar-refractivity contribution in [3.63, 3.8) is 0 Å². The van der Waals surface area contributed by atoms with Gasteiger partial charge in [0.05, 0.1) is 6.04 Å². The van der Waals surface area contributed by atoms with Crippen molar-refractivity contribution in [2.75, 3.05) is 11.4 Å². The smallest absolute Gasteiger partial charge is 0.240 e. The monoisotopic (exact) mass is 412 g/mol. The van der Waals surface area contributed by atoms with E-state index in [4.69, 9.17) is 0 Å². The van der Waals surface area contributed by atoms with Gasteiger partial charge in [0.1, 0.15) is 6.54 Å². The Morgan fingerprint density at radius 3 is 2.85 bits per heavy atom. The molecule has 0 saturated heterocycles. The van der Waals surface area contributed by atoms with Gasteiger partial charge in [-0.25, -0.2) is 0 Å². The Labute approximate surface area is 161 Å². The SMILES string of the molecule is O=C(CN1C(=O)CCc2cc(Br)ccc21)N[C@H]1CCCc2ccccc21. The number of benzene rings is 2. The summed E-state index contributed by atoms with van der Waals surface area (Å²) in [4.78, 5) is 26.7. The van der Waals surface area contributed by atoms with Crippen molar-refractivity contribution in [1.82, 2.24) is 5.32 Å². The summed E-state index contributed by atoms with van der Waals surface area (Å²) in [6, 6.07) is 14.2. The molecule has 0 fully saturated rings. The van der Waals surface area contributed by atoms with Crippen molar-refractivity contribution in [2.24, 2.45) is 0 Å². The molecule has 1 N–H and O–H groups in total. The molecule has 0 saturated carbocycles. The molecule has 2 aromatic rings. The van der Waals surface area contributed by atoms with E-state index in [1.807, 2.05) is 30.3 Å². The van der Waals surface area contributed by atoms with Crippen LogP contribution in [-0.4, -0.2) is 18.4 Å². The average Bonchev–Trinajstić information content (AvgIpc) is 2.64. The van der Waals surface area contributed by atoms with Crippen LogP contribution in [0.25, 0.3) is 0 Å². The van der Waals surface area contributed by atoms with Gasteiger partial charge in [0.15, 0.2) is 0 Å². The molecule has 1 aliphatic carbocycles. The summed E-state index contributed by atoms with van der Waals surface area (Å²) in [6.07, 6.45) is 4.25. The number of aryl methyl sites for hydroxylation is 2. The number of anilines is 1. The molecule has 0 bridgehead atoms. The predicted octanol–water partition coefficient (Wildman–Crippen LogP) is 3.92. The third-order valence-corrected chi connectivity index (χ3v) is 5.74. The van der Waals surface area contributed by atoms with E-state index in [1.165, 1.54) is 11.1 Å². The van der Waals surface area contributed by atoms with Crippen LogP contribution in [0.15, 0.2) is 46.9 Å². The lowest BCUT2D eigenvalue weighted by Gasteiger charge is -2.31. The highest BCUT2D eigenvalue weighted by molar-refractivity contribution is 9.10. The van der Waals surface area contributed by atoms with E-state index >= 15 is 0 Å². The molecular weight excluding hydrogens is 392 g/mol. The lowest BCUT2D eigenvalue weighted by molar-refractivity contribution is -0.124. The number of carbonyl (C=O) groups excluding carboxylic acids is 2. The molecule has 0 radical (unpaired) electrons. The minimum absolute atomic E-state index is 0.0130. The Morgan fingerprint density at radius 1 is 1.12 bits per heavy atom. The van der Waals surface area contributed by atoms with Crippen molar-refractivity contribution in [3.8, 4) is 0 Å². The Bertz CT molecular complexity index is 865. The molecule has 5 heteroatoms. The van der Waals surface area contributed by atoms with E-state index < -0.39 is 0 Å². The Morgan fingerprint density at radius 2 is 1.96 bits per heavy atom. The van der Waals surface area contributed by atoms with E-state index in [9.17, 15) is 9.59 Å². The fourth-order valence-corrected chi connectivity index (χ4v) is 4.40. The molecule has 2 amide bonds. The second-order valence-electron chi connectivity index (χ2n) is 6.96. The van der Waals surface area contributed by atoms with Gasteiger partial charge >= 0.3 is 0 Å². The highest BCUT2D eigenvalue weighted by Crippen LogP contribution is 2.31. The lowest BCUT2D eigenvalue weighted by Crippen LogP contribution is -2.44. The number of halogens is 1. The van der Waals surface area contributed by atoms with Crippen molar-refractivity contribution in [2.45, 2.75) is 38.1 Å². The van der Waals surface area contributed by atoms with E-state index in [2.05, 4.69) is 33.4 Å². The van der Waals surface area contributed by atoms with Gasteiger partial charge in [0, 0.05) is 16.6 Å². The molecule has 0 aromatic heterocycles. The van der Waals surface area contributed by atoms with Gasteiger partial charge in [0.2, 0.25) is 11.8 Å². The zero-order valence-electron chi connectivity index (χ0n) is 14.5. The standard InChI is InChI=1S/C21H21BrN2O2/c22-16-9-10-19-15(12-16)8-11-21(26)24(19)13-20(25)23-18-7-3-5-14-4-1-2-6-17(14)18/h1-2,4,6,9-10,12,18H,3,5,7-8,11,13H2,(H,23,25)/t18-/m0/s1. The summed E-state index contributed by atoms with van der Waals surface area (Å²) >= 11 is 3.47. The second-order valence-corrected chi connectivity index (χ2v) is 7.88. The highest BCUT2D eigenvalue weighted by atomic mass is 79.9. The zero-order valence-corrected chi connectivity index (χ0v) is 16.1. The topological polar surface area (TPSA) is 49.4 Å². The van der Waals surface area contributed by atoms with E-state index in [-0.39, 0.29) is 24.4 Å². The summed E-state index contributed by atoms with van der Waals surface area (Å²) in [7, 11) is 0. The molecule has 1 atom stereocenters. The first kappa shape index (κ1) is 17.3. The average molecular weight is 413 g/mol. The number of fused-ring (bicyclic) bond motifs is 2. The third kappa shape index (κ3) is 3.40. The largest absolute Gasteiger partial charge is 0.348 e. The van der Waals surface area contributed by atoms with Crippen LogP contribution in [0, 0.1) is 0 Å². The first-order valence-electron chi connectivity index (χ1n) is 9.08. The van der Waals surface area contributed by atoms with Gasteiger partial charge in [-0.1, -0.05) is 40.2 Å². The number of hydrogen-bond acceptors (Lipinski definition) is 2. The number of amides is 2. The molecule has 0 unspecified atom stereocenters. The van der Waals surface area contributed by atoms with E-state index in [1.54, 1.807) is 4.90 Å². The van der Waals surface area contributed by atoms with Crippen LogP contribution in [-0.2, 0) is 22.4 Å². The Balaban J connectivity index is 1.50. The zero-order chi connectivity index (χ0) is 18.1. The second kappa shape index (κ2) is 7.23. The number of nitrogens with one attached hydrogen (secondary N) is 1. The van der Waals surface area contributed by atoms with Crippen molar-refractivity contribution in [1.29, 1.82) is 0 Å². The summed E-state index contributed by atoms with van der Waals surface area (Å²) in [6.45, 7) is 0.0755. The summed E-state index contributed by atoms with van der Waals surface area (Å²) in [5.41, 5.74) is 4.48. The Kier molecular flexibility index (Phi) is 4.81. The highest BCUT2D eigenvalue weighted by Gasteiger charge is 2.28. The van der Waals surface area contributed by atoms with Crippen LogP contribution in [0.3, 0.4) is 0 Å². The minimum atomic E-state index is -0.101. The first-order chi connectivity index (χ1) is 12.6. The minimum Gasteiger partial charge on any atom is -0.348 e. The van der Waals surface area contributed by atoms with E-state index in [0.717, 1.165) is 41.4 Å². The molecule has 134 valence electrons. The molecule has 2 aliphatic rings. The van der Waals surface area contributed by atoms with Crippen LogP contribution in [0.5, 0.6) is 0 Å². The molecule has 1 aliphatic heterocycles. The quantitative estimate of drug-likeness (QED) is 0.829. The normalized spacial score (nSPS) is 18.9. The van der Waals surface area contributed by atoms with Gasteiger partial charge < -0.3 is 10.2 Å². The van der Waals surface area contributed by atoms with Crippen molar-refractivity contribution < 1.29 is 9.59 Å². The molecule has 2 aromatic carbocycles. The number of nitrogens with zero attached hydrogens (tertiary/aromatic N) is 1. The fraction of sp³-hybridized carbons (Fsp3) is 0.333. The third-order valence-electron chi connectivity index (χ3n) is 5.25. The first-order valence-corrected chi connectivity index (χ1v) is 9.87. The van der Waals surface area contributed by atoms with Gasteiger partial charge in [-0.3, -0.25) is 9.59 Å². The van der Waals surface area contributed by atoms with Crippen LogP contribution in [0.2, 0.25) is 0 Å². The number of carbonyl (C=O) groups is 2. The molecule has 0 spiro atoms. The van der Waals surface area contributed by atoms with Crippen LogP contribution in [0.4, 0.5) is 5.69 Å². The van der Waals surface area contributed by atoms with Gasteiger partial charge in [-0.15, -0.1) is 0 Å². The molecule has 4 rings (SSSR count). The van der Waals surface area contributed by atoms with Crippen molar-refractivity contribution in [3.05, 3.63) is 63.6 Å². The van der Waals surface area contributed by atoms with Crippen LogP contribution >= 0.6 is 15.9 Å². The maximum Gasteiger partial charge on any atom is 0.240 e. The van der Waals surface area contributed by atoms with Gasteiger partial charge in [0.25, 0.3) is 0 Å². The maximum atomic E-state index is 12.7. The predicted molar refractivity (Wildman–Crippen MR) is 105 cm³/mol. The summed E-state index contributed by atoms with van der Waals surface area (Å²) in [5, 5.41) is 3.14. The van der Waals surface area contributed by atoms with E-state index in [0.29, 0.717) is 6.42 Å². The van der Waals surface area contributed by atoms with Crippen LogP contribution in [0.1, 0.15) is 42.0 Å². The van der Waals surface area contributed by atoms with Gasteiger partial charge in [-0.2, -0.15) is 0 Å². The fourth-order valence-electron chi connectivity index (χ4n) is 3.99. The molecule has 1 heterocycles. The molecule has 4 nitrogen and oxygen atoms in total. The Hall–Kier alpha value is -2.14. The summed E-state index contributed by atoms with van der Waals surface area (Å²) in [5.74, 6) is -0.0881. The van der Waals surface area contributed by atoms with Gasteiger partial charge in [-0.05, 0) is 60.6 Å². The molecular formula is C21H21BrN2O2. The lowest BCUT2D eigenvalue weighted by atomic mass is 9.88. The number of rotatable bonds is 3. The number of hydrogen-bond donors (Lipinski definition) is 1. The summed E-state index contributed by atoms with van der Waals surface area (Å²) < 4.78 is 0.994. The molecule has 26 heavy (non-hydrogen) atoms. The van der Waals surface area contributed by atoms with Crippen LogP contribution < -0.4 is 10.2 Å². The van der Waals surface area contributed by atoms with Crippen molar-refractivity contribution >= 4 is 33.4 Å².